The molecule has 164 valence electrons. The maximum absolute atomic E-state index is 13.8. The van der Waals surface area contributed by atoms with Crippen molar-refractivity contribution in [3.8, 4) is 0 Å². The normalized spacial score (nSPS) is 22.2. The summed E-state index contributed by atoms with van der Waals surface area (Å²) in [6.45, 7) is 3.57. The van der Waals surface area contributed by atoms with Crippen LogP contribution < -0.4 is 10.4 Å². The summed E-state index contributed by atoms with van der Waals surface area (Å²) in [5, 5.41) is 8.79. The average molecular weight is 443 g/mol. The van der Waals surface area contributed by atoms with Crippen molar-refractivity contribution < 1.29 is 9.18 Å². The quantitative estimate of drug-likeness (QED) is 0.696. The van der Waals surface area contributed by atoms with Crippen LogP contribution in [0.2, 0.25) is 5.02 Å². The van der Waals surface area contributed by atoms with Crippen molar-refractivity contribution in [3.63, 3.8) is 0 Å². The minimum atomic E-state index is -0.284. The van der Waals surface area contributed by atoms with Gasteiger partial charge in [0, 0.05) is 19.0 Å². The number of amides is 1. The molecule has 2 aromatic carbocycles. The molecule has 4 rings (SSSR count). The van der Waals surface area contributed by atoms with E-state index in [0.717, 1.165) is 44.3 Å². The first-order valence-electron chi connectivity index (χ1n) is 11.0. The van der Waals surface area contributed by atoms with Crippen LogP contribution in [0.3, 0.4) is 0 Å². The molecule has 2 heterocycles. The van der Waals surface area contributed by atoms with E-state index in [1.165, 1.54) is 18.6 Å². The highest BCUT2D eigenvalue weighted by atomic mass is 35.5. The fraction of sp³-hybridized carbons (Fsp3) is 0.417. The Hall–Kier alpha value is -2.44. The first-order chi connectivity index (χ1) is 15.1. The Bertz CT molecular complexity index is 941. The van der Waals surface area contributed by atoms with E-state index < -0.39 is 0 Å². The summed E-state index contributed by atoms with van der Waals surface area (Å²) < 4.78 is 13.3. The molecule has 0 bridgehead atoms. The Balaban J connectivity index is 1.62. The van der Waals surface area contributed by atoms with Crippen molar-refractivity contribution in [2.45, 2.75) is 45.1 Å². The number of hydrazine groups is 1. The predicted molar refractivity (Wildman–Crippen MR) is 122 cm³/mol. The number of rotatable bonds is 4. The number of anilines is 1. The van der Waals surface area contributed by atoms with E-state index in [4.69, 9.17) is 11.6 Å². The molecule has 2 atom stereocenters. The maximum Gasteiger partial charge on any atom is 0.289 e. The molecule has 5 nitrogen and oxygen atoms in total. The predicted octanol–water partition coefficient (Wildman–Crippen LogP) is 5.33. The Kier molecular flexibility index (Phi) is 6.88. The molecule has 31 heavy (non-hydrogen) atoms. The number of hydrogen-bond donors (Lipinski definition) is 1. The van der Waals surface area contributed by atoms with Crippen molar-refractivity contribution >= 4 is 28.9 Å². The molecule has 7 heteroatoms. The van der Waals surface area contributed by atoms with Crippen molar-refractivity contribution in [3.05, 3.63) is 64.9 Å². The number of halogens is 2. The SMILES string of the molecule is C[C@H]1C(C(=O)N(c2ccccc2Cl)N2CCCCCCC2)=NN[C@H]1c1ccc(F)cc1. The molecule has 2 aromatic rings. The summed E-state index contributed by atoms with van der Waals surface area (Å²) in [6, 6.07) is 13.6. The van der Waals surface area contributed by atoms with Crippen LogP contribution in [0.1, 0.15) is 50.6 Å². The Labute approximate surface area is 187 Å². The first-order valence-corrected chi connectivity index (χ1v) is 11.4. The van der Waals surface area contributed by atoms with Gasteiger partial charge >= 0.3 is 0 Å². The highest BCUT2D eigenvalue weighted by Gasteiger charge is 2.38. The summed E-state index contributed by atoms with van der Waals surface area (Å²) in [6.07, 6.45) is 5.62. The van der Waals surface area contributed by atoms with Crippen molar-refractivity contribution in [1.82, 2.24) is 10.4 Å². The van der Waals surface area contributed by atoms with Crippen LogP contribution in [0.25, 0.3) is 0 Å². The van der Waals surface area contributed by atoms with Gasteiger partial charge in [0.05, 0.1) is 16.8 Å². The molecule has 0 aliphatic carbocycles. The zero-order chi connectivity index (χ0) is 21.8. The average Bonchev–Trinajstić information content (AvgIpc) is 3.12. The monoisotopic (exact) mass is 442 g/mol. The molecule has 1 N–H and O–H groups in total. The molecular weight excluding hydrogens is 415 g/mol. The molecule has 1 amide bonds. The van der Waals surface area contributed by atoms with Gasteiger partial charge in [-0.05, 0) is 42.7 Å². The molecule has 0 spiro atoms. The zero-order valence-electron chi connectivity index (χ0n) is 17.7. The number of nitrogens with one attached hydrogen (secondary N) is 1. The third kappa shape index (κ3) is 4.75. The summed E-state index contributed by atoms with van der Waals surface area (Å²) in [7, 11) is 0. The lowest BCUT2D eigenvalue weighted by molar-refractivity contribution is -0.115. The fourth-order valence-electron chi connectivity index (χ4n) is 4.34. The van der Waals surface area contributed by atoms with Crippen LogP contribution in [-0.2, 0) is 4.79 Å². The molecule has 0 radical (unpaired) electrons. The van der Waals surface area contributed by atoms with E-state index >= 15 is 0 Å². The molecule has 0 aromatic heterocycles. The highest BCUT2D eigenvalue weighted by Crippen LogP contribution is 2.32. The van der Waals surface area contributed by atoms with Gasteiger partial charge in [-0.3, -0.25) is 4.79 Å². The van der Waals surface area contributed by atoms with Gasteiger partial charge < -0.3 is 5.43 Å². The lowest BCUT2D eigenvalue weighted by Crippen LogP contribution is -2.51. The Morgan fingerprint density at radius 3 is 2.39 bits per heavy atom. The maximum atomic E-state index is 13.8. The van der Waals surface area contributed by atoms with Crippen LogP contribution in [0.4, 0.5) is 10.1 Å². The van der Waals surface area contributed by atoms with Crippen LogP contribution in [0.15, 0.2) is 53.6 Å². The smallest absolute Gasteiger partial charge is 0.289 e. The lowest BCUT2D eigenvalue weighted by atomic mass is 9.92. The molecule has 0 saturated carbocycles. The summed E-state index contributed by atoms with van der Waals surface area (Å²) in [5.74, 6) is -0.621. The standard InChI is InChI=1S/C24H28ClFN4O/c1-17-22(18-11-13-19(26)14-12-18)27-28-23(17)24(31)30(21-10-6-5-9-20(21)25)29-15-7-3-2-4-8-16-29/h5-6,9-14,17,22,27H,2-4,7-8,15-16H2,1H3/t17-,22-/m1/s1. The number of nitrogens with zero attached hydrogens (tertiary/aromatic N) is 3. The van der Waals surface area contributed by atoms with Crippen LogP contribution >= 0.6 is 11.6 Å². The van der Waals surface area contributed by atoms with Gasteiger partial charge in [0.15, 0.2) is 0 Å². The molecule has 1 fully saturated rings. The van der Waals surface area contributed by atoms with Crippen molar-refractivity contribution in [2.75, 3.05) is 18.1 Å². The third-order valence-corrected chi connectivity index (χ3v) is 6.41. The molecule has 1 saturated heterocycles. The number of para-hydroxylation sites is 1. The van der Waals surface area contributed by atoms with Gasteiger partial charge in [-0.2, -0.15) is 5.10 Å². The van der Waals surface area contributed by atoms with Crippen LogP contribution in [-0.4, -0.2) is 29.7 Å². The first kappa shape index (κ1) is 21.8. The van der Waals surface area contributed by atoms with E-state index in [1.807, 2.05) is 25.1 Å². The lowest BCUT2D eigenvalue weighted by Gasteiger charge is -2.36. The second-order valence-electron chi connectivity index (χ2n) is 8.23. The summed E-state index contributed by atoms with van der Waals surface area (Å²) in [5.41, 5.74) is 5.12. The second kappa shape index (κ2) is 9.79. The molecule has 0 unspecified atom stereocenters. The zero-order valence-corrected chi connectivity index (χ0v) is 18.5. The number of hydrazone groups is 1. The fourth-order valence-corrected chi connectivity index (χ4v) is 4.56. The molecule has 2 aliphatic rings. The Morgan fingerprint density at radius 2 is 1.71 bits per heavy atom. The van der Waals surface area contributed by atoms with Crippen molar-refractivity contribution in [1.29, 1.82) is 0 Å². The van der Waals surface area contributed by atoms with E-state index in [0.29, 0.717) is 16.4 Å². The van der Waals surface area contributed by atoms with Crippen LogP contribution in [0, 0.1) is 11.7 Å². The van der Waals surface area contributed by atoms with E-state index in [1.54, 1.807) is 23.2 Å². The minimum absolute atomic E-state index is 0.168. The van der Waals surface area contributed by atoms with Crippen LogP contribution in [0.5, 0.6) is 0 Å². The second-order valence-corrected chi connectivity index (χ2v) is 8.64. The topological polar surface area (TPSA) is 47.9 Å². The number of carbonyl (C=O) groups is 1. The molecular formula is C24H28ClFN4O. The number of hydrogen-bond acceptors (Lipinski definition) is 4. The van der Waals surface area contributed by atoms with Gasteiger partial charge in [0.25, 0.3) is 5.91 Å². The molecule has 2 aliphatic heterocycles. The highest BCUT2D eigenvalue weighted by molar-refractivity contribution is 6.45. The van der Waals surface area contributed by atoms with Gasteiger partial charge in [-0.15, -0.1) is 0 Å². The van der Waals surface area contributed by atoms with E-state index in [-0.39, 0.29) is 23.7 Å². The third-order valence-electron chi connectivity index (χ3n) is 6.09. The van der Waals surface area contributed by atoms with Gasteiger partial charge in [-0.1, -0.05) is 62.1 Å². The summed E-state index contributed by atoms with van der Waals surface area (Å²) in [4.78, 5) is 13.8. The largest absolute Gasteiger partial charge is 0.301 e. The van der Waals surface area contributed by atoms with Gasteiger partial charge in [-0.25, -0.2) is 14.4 Å². The summed E-state index contributed by atoms with van der Waals surface area (Å²) >= 11 is 6.53. The Morgan fingerprint density at radius 1 is 1.06 bits per heavy atom. The number of carbonyl (C=O) groups excluding carboxylic acids is 1. The van der Waals surface area contributed by atoms with E-state index in [2.05, 4.69) is 15.5 Å². The van der Waals surface area contributed by atoms with Gasteiger partial charge in [0.2, 0.25) is 0 Å². The van der Waals surface area contributed by atoms with Gasteiger partial charge in [0.1, 0.15) is 11.5 Å². The van der Waals surface area contributed by atoms with E-state index in [9.17, 15) is 9.18 Å². The minimum Gasteiger partial charge on any atom is -0.301 e. The van der Waals surface area contributed by atoms with Crippen molar-refractivity contribution in [2.24, 2.45) is 11.0 Å². The number of benzene rings is 2.